The topological polar surface area (TPSA) is 69.0 Å². The second kappa shape index (κ2) is 5.07. The van der Waals surface area contributed by atoms with Crippen molar-refractivity contribution >= 4 is 11.9 Å². The number of fused-ring (bicyclic) bond motifs is 1. The highest BCUT2D eigenvalue weighted by molar-refractivity contribution is 5.90. The maximum Gasteiger partial charge on any atom is 0.252 e. The monoisotopic (exact) mass is 224 g/mol. The minimum absolute atomic E-state index is 0.0681. The molecule has 0 bridgehead atoms. The summed E-state index contributed by atoms with van der Waals surface area (Å²) in [4.78, 5) is 11.4. The Morgan fingerprint density at radius 1 is 1.50 bits per heavy atom. The molecule has 1 aromatic rings. The van der Waals surface area contributed by atoms with Gasteiger partial charge in [-0.2, -0.15) is 0 Å². The molecule has 0 atom stereocenters. The van der Waals surface area contributed by atoms with Gasteiger partial charge < -0.3 is 4.74 Å². The van der Waals surface area contributed by atoms with Crippen molar-refractivity contribution in [2.24, 2.45) is 0 Å². The predicted octanol–water partition coefficient (Wildman–Crippen LogP) is 0.589. The van der Waals surface area contributed by atoms with E-state index in [-0.39, 0.29) is 12.5 Å². The van der Waals surface area contributed by atoms with Crippen LogP contribution in [0.2, 0.25) is 0 Å². The van der Waals surface area contributed by atoms with Crippen LogP contribution in [-0.2, 0) is 22.5 Å². The van der Waals surface area contributed by atoms with Crippen LogP contribution in [0.1, 0.15) is 25.6 Å². The van der Waals surface area contributed by atoms with E-state index in [1.807, 2.05) is 11.5 Å². The van der Waals surface area contributed by atoms with E-state index in [1.54, 1.807) is 0 Å². The van der Waals surface area contributed by atoms with Gasteiger partial charge in [-0.15, -0.1) is 10.2 Å². The number of rotatable bonds is 4. The minimum Gasteiger partial charge on any atom is -0.372 e. The van der Waals surface area contributed by atoms with Crippen LogP contribution in [0.25, 0.3) is 0 Å². The fourth-order valence-electron chi connectivity index (χ4n) is 1.76. The van der Waals surface area contributed by atoms with Crippen molar-refractivity contribution in [2.75, 3.05) is 18.5 Å². The third-order valence-electron chi connectivity index (χ3n) is 2.55. The maximum atomic E-state index is 11.4. The number of nitrogens with one attached hydrogen (secondary N) is 1. The molecule has 6 nitrogen and oxygen atoms in total. The van der Waals surface area contributed by atoms with Gasteiger partial charge in [-0.25, -0.2) is 0 Å². The molecular weight excluding hydrogens is 208 g/mol. The molecule has 1 aliphatic rings. The molecule has 1 amide bonds. The van der Waals surface area contributed by atoms with E-state index >= 15 is 0 Å². The van der Waals surface area contributed by atoms with E-state index in [0.717, 1.165) is 31.6 Å². The molecule has 1 aromatic heterocycles. The summed E-state index contributed by atoms with van der Waals surface area (Å²) in [6.45, 7) is 3.34. The third kappa shape index (κ3) is 2.38. The summed E-state index contributed by atoms with van der Waals surface area (Å²) in [6.07, 6.45) is 3.19. The van der Waals surface area contributed by atoms with Crippen LogP contribution in [0, 0.1) is 0 Å². The van der Waals surface area contributed by atoms with Crippen molar-refractivity contribution in [3.05, 3.63) is 5.82 Å². The van der Waals surface area contributed by atoms with E-state index in [9.17, 15) is 4.79 Å². The van der Waals surface area contributed by atoms with Gasteiger partial charge in [0, 0.05) is 19.6 Å². The Morgan fingerprint density at radius 3 is 3.19 bits per heavy atom. The molecule has 1 aliphatic heterocycles. The summed E-state index contributed by atoms with van der Waals surface area (Å²) in [5, 5.41) is 10.7. The number of aryl methyl sites for hydroxylation is 1. The van der Waals surface area contributed by atoms with Crippen LogP contribution in [0.15, 0.2) is 0 Å². The molecule has 1 N–H and O–H groups in total. The van der Waals surface area contributed by atoms with Gasteiger partial charge in [0.05, 0.1) is 0 Å². The van der Waals surface area contributed by atoms with Crippen molar-refractivity contribution in [1.82, 2.24) is 14.8 Å². The van der Waals surface area contributed by atoms with Crippen LogP contribution < -0.4 is 5.32 Å². The zero-order chi connectivity index (χ0) is 11.4. The van der Waals surface area contributed by atoms with Gasteiger partial charge in [-0.1, -0.05) is 0 Å². The highest BCUT2D eigenvalue weighted by Gasteiger charge is 2.16. The third-order valence-corrected chi connectivity index (χ3v) is 2.55. The van der Waals surface area contributed by atoms with Crippen LogP contribution in [0.4, 0.5) is 5.95 Å². The lowest BCUT2D eigenvalue weighted by atomic mass is 10.2. The van der Waals surface area contributed by atoms with Crippen LogP contribution in [0.5, 0.6) is 0 Å². The quantitative estimate of drug-likeness (QED) is 0.812. The fourth-order valence-corrected chi connectivity index (χ4v) is 1.76. The van der Waals surface area contributed by atoms with Crippen molar-refractivity contribution in [1.29, 1.82) is 0 Å². The number of amides is 1. The van der Waals surface area contributed by atoms with Crippen molar-refractivity contribution in [2.45, 2.75) is 32.7 Å². The smallest absolute Gasteiger partial charge is 0.252 e. The first-order chi connectivity index (χ1) is 7.81. The lowest BCUT2D eigenvalue weighted by Crippen LogP contribution is -2.22. The van der Waals surface area contributed by atoms with Crippen molar-refractivity contribution in [3.63, 3.8) is 0 Å². The number of ether oxygens (including phenoxy) is 1. The van der Waals surface area contributed by atoms with Gasteiger partial charge in [0.15, 0.2) is 0 Å². The average molecular weight is 224 g/mol. The number of hydrogen-bond acceptors (Lipinski definition) is 4. The van der Waals surface area contributed by atoms with E-state index in [1.165, 1.54) is 0 Å². The van der Waals surface area contributed by atoms with Gasteiger partial charge in [0.25, 0.3) is 5.91 Å². The molecule has 0 saturated heterocycles. The molecule has 0 radical (unpaired) electrons. The SMILES string of the molecule is CCOCC(=O)Nc1nnc2n1CCCC2. The first-order valence-electron chi connectivity index (χ1n) is 5.61. The summed E-state index contributed by atoms with van der Waals surface area (Å²) in [7, 11) is 0. The maximum absolute atomic E-state index is 11.4. The highest BCUT2D eigenvalue weighted by atomic mass is 16.5. The molecule has 2 rings (SSSR count). The molecule has 0 unspecified atom stereocenters. The Hall–Kier alpha value is -1.43. The first kappa shape index (κ1) is 11.1. The Bertz CT molecular complexity index is 375. The lowest BCUT2D eigenvalue weighted by molar-refractivity contribution is -0.120. The molecule has 88 valence electrons. The number of anilines is 1. The molecule has 0 aromatic carbocycles. The minimum atomic E-state index is -0.178. The average Bonchev–Trinajstić information content (AvgIpc) is 2.70. The normalized spacial score (nSPS) is 14.6. The summed E-state index contributed by atoms with van der Waals surface area (Å²) < 4.78 is 6.98. The second-order valence-corrected chi connectivity index (χ2v) is 3.73. The van der Waals surface area contributed by atoms with Gasteiger partial charge >= 0.3 is 0 Å². The van der Waals surface area contributed by atoms with Gasteiger partial charge in [-0.3, -0.25) is 14.7 Å². The number of carbonyl (C=O) groups is 1. The van der Waals surface area contributed by atoms with Gasteiger partial charge in [-0.05, 0) is 19.8 Å². The number of hydrogen-bond donors (Lipinski definition) is 1. The predicted molar refractivity (Wildman–Crippen MR) is 58.1 cm³/mol. The second-order valence-electron chi connectivity index (χ2n) is 3.73. The highest BCUT2D eigenvalue weighted by Crippen LogP contribution is 2.16. The van der Waals surface area contributed by atoms with E-state index in [0.29, 0.717) is 12.6 Å². The number of aromatic nitrogens is 3. The molecule has 0 aliphatic carbocycles. The zero-order valence-electron chi connectivity index (χ0n) is 9.40. The molecule has 0 fully saturated rings. The Labute approximate surface area is 94.0 Å². The van der Waals surface area contributed by atoms with Gasteiger partial charge in [0.2, 0.25) is 5.95 Å². The molecule has 6 heteroatoms. The van der Waals surface area contributed by atoms with E-state index in [2.05, 4.69) is 15.5 Å². The Morgan fingerprint density at radius 2 is 2.38 bits per heavy atom. The largest absolute Gasteiger partial charge is 0.372 e. The van der Waals surface area contributed by atoms with Gasteiger partial charge in [0.1, 0.15) is 12.4 Å². The fraction of sp³-hybridized carbons (Fsp3) is 0.700. The molecule has 0 saturated carbocycles. The van der Waals surface area contributed by atoms with Crippen LogP contribution in [-0.4, -0.2) is 33.9 Å². The Balaban J connectivity index is 1.99. The summed E-state index contributed by atoms with van der Waals surface area (Å²) in [5.41, 5.74) is 0. The van der Waals surface area contributed by atoms with Crippen molar-refractivity contribution < 1.29 is 9.53 Å². The van der Waals surface area contributed by atoms with Crippen LogP contribution in [0.3, 0.4) is 0 Å². The molecule has 0 spiro atoms. The number of carbonyl (C=O) groups excluding carboxylic acids is 1. The zero-order valence-corrected chi connectivity index (χ0v) is 9.40. The number of nitrogens with zero attached hydrogens (tertiary/aromatic N) is 3. The van der Waals surface area contributed by atoms with Crippen molar-refractivity contribution in [3.8, 4) is 0 Å². The lowest BCUT2D eigenvalue weighted by Gasteiger charge is -2.14. The molecule has 16 heavy (non-hydrogen) atoms. The summed E-state index contributed by atoms with van der Waals surface area (Å²) >= 11 is 0. The van der Waals surface area contributed by atoms with E-state index < -0.39 is 0 Å². The first-order valence-corrected chi connectivity index (χ1v) is 5.61. The Kier molecular flexibility index (Phi) is 3.51. The summed E-state index contributed by atoms with van der Waals surface area (Å²) in [5.74, 6) is 1.32. The molecular formula is C10H16N4O2. The molecule has 2 heterocycles. The van der Waals surface area contributed by atoms with E-state index in [4.69, 9.17) is 4.74 Å². The summed E-state index contributed by atoms with van der Waals surface area (Å²) in [6, 6.07) is 0. The standard InChI is InChI=1S/C10H16N4O2/c1-2-16-7-9(15)11-10-13-12-8-5-3-4-6-14(8)10/h2-7H2,1H3,(H,11,13,15). The van der Waals surface area contributed by atoms with Crippen LogP contribution >= 0.6 is 0 Å².